The molecule has 0 radical (unpaired) electrons. The summed E-state index contributed by atoms with van der Waals surface area (Å²) < 4.78 is 31.1. The van der Waals surface area contributed by atoms with Crippen molar-refractivity contribution in [3.63, 3.8) is 0 Å². The Labute approximate surface area is 158 Å². The zero-order chi connectivity index (χ0) is 19.6. The molecule has 0 atom stereocenters. The van der Waals surface area contributed by atoms with Gasteiger partial charge in [-0.05, 0) is 43.2 Å². The number of hydrogen-bond acceptors (Lipinski definition) is 5. The van der Waals surface area contributed by atoms with Crippen LogP contribution in [0.3, 0.4) is 0 Å². The van der Waals surface area contributed by atoms with Crippen LogP contribution < -0.4 is 10.1 Å². The number of benzene rings is 2. The predicted molar refractivity (Wildman–Crippen MR) is 99.1 cm³/mol. The minimum absolute atomic E-state index is 0.0685. The van der Waals surface area contributed by atoms with Gasteiger partial charge in [-0.2, -0.15) is 0 Å². The topological polar surface area (TPSA) is 92.8 Å². The lowest BCUT2D eigenvalue weighted by Gasteiger charge is -2.15. The Morgan fingerprint density at radius 3 is 2.59 bits per heavy atom. The van der Waals surface area contributed by atoms with Gasteiger partial charge < -0.3 is 10.1 Å². The van der Waals surface area contributed by atoms with E-state index in [-0.39, 0.29) is 23.6 Å². The Morgan fingerprint density at radius 1 is 1.11 bits per heavy atom. The zero-order valence-corrected chi connectivity index (χ0v) is 15.9. The van der Waals surface area contributed by atoms with E-state index in [2.05, 4.69) is 5.32 Å². The van der Waals surface area contributed by atoms with Gasteiger partial charge in [0.2, 0.25) is 5.91 Å². The van der Waals surface area contributed by atoms with E-state index in [9.17, 15) is 18.0 Å². The molecule has 0 bridgehead atoms. The summed E-state index contributed by atoms with van der Waals surface area (Å²) in [5, 5.41) is 2.58. The van der Waals surface area contributed by atoms with E-state index in [0.717, 1.165) is 16.9 Å². The van der Waals surface area contributed by atoms with Crippen LogP contribution in [0.4, 0.5) is 0 Å². The Kier molecular flexibility index (Phi) is 5.18. The van der Waals surface area contributed by atoms with Crippen molar-refractivity contribution in [1.29, 1.82) is 0 Å². The van der Waals surface area contributed by atoms with Crippen LogP contribution in [0, 0.1) is 13.8 Å². The van der Waals surface area contributed by atoms with E-state index in [4.69, 9.17) is 4.74 Å². The fourth-order valence-corrected chi connectivity index (χ4v) is 4.33. The summed E-state index contributed by atoms with van der Waals surface area (Å²) >= 11 is 0. The Balaban J connectivity index is 1.54. The highest BCUT2D eigenvalue weighted by atomic mass is 32.2. The molecule has 3 rings (SSSR count). The predicted octanol–water partition coefficient (Wildman–Crippen LogP) is 1.64. The second kappa shape index (κ2) is 7.40. The fraction of sp³-hybridized carbons (Fsp3) is 0.263. The van der Waals surface area contributed by atoms with Crippen molar-refractivity contribution in [2.24, 2.45) is 0 Å². The van der Waals surface area contributed by atoms with Crippen LogP contribution in [0.2, 0.25) is 0 Å². The molecule has 27 heavy (non-hydrogen) atoms. The third-order valence-electron chi connectivity index (χ3n) is 4.44. The molecule has 0 fully saturated rings. The highest BCUT2D eigenvalue weighted by Gasteiger charge is 2.41. The molecule has 142 valence electrons. The summed E-state index contributed by atoms with van der Waals surface area (Å²) in [6.07, 6.45) is 0. The molecule has 7 nitrogen and oxygen atoms in total. The molecule has 0 aromatic heterocycles. The zero-order valence-electron chi connectivity index (χ0n) is 15.1. The monoisotopic (exact) mass is 388 g/mol. The number of nitrogens with one attached hydrogen (secondary N) is 1. The number of aryl methyl sites for hydroxylation is 1. The van der Waals surface area contributed by atoms with Gasteiger partial charge in [0, 0.05) is 0 Å². The third kappa shape index (κ3) is 3.66. The number of fused-ring (bicyclic) bond motifs is 1. The van der Waals surface area contributed by atoms with Gasteiger partial charge in [-0.15, -0.1) is 0 Å². The van der Waals surface area contributed by atoms with Gasteiger partial charge in [0.15, 0.2) is 0 Å². The number of hydrogen-bond donors (Lipinski definition) is 1. The average molecular weight is 388 g/mol. The molecule has 0 saturated carbocycles. The first-order valence-corrected chi connectivity index (χ1v) is 9.88. The largest absolute Gasteiger partial charge is 0.491 e. The number of carbonyl (C=O) groups excluding carboxylic acids is 2. The Hall–Kier alpha value is -2.87. The maximum atomic E-state index is 12.4. The molecule has 0 spiro atoms. The molecule has 0 aliphatic carbocycles. The lowest BCUT2D eigenvalue weighted by Crippen LogP contribution is -2.41. The van der Waals surface area contributed by atoms with Crippen molar-refractivity contribution >= 4 is 21.8 Å². The molecular weight excluding hydrogens is 368 g/mol. The smallest absolute Gasteiger partial charge is 0.269 e. The number of nitrogens with zero attached hydrogens (tertiary/aromatic N) is 1. The Morgan fingerprint density at radius 2 is 1.85 bits per heavy atom. The van der Waals surface area contributed by atoms with Crippen LogP contribution >= 0.6 is 0 Å². The molecule has 1 aliphatic heterocycles. The molecule has 1 heterocycles. The molecule has 2 amide bonds. The van der Waals surface area contributed by atoms with E-state index < -0.39 is 28.4 Å². The molecule has 1 aliphatic rings. The first kappa shape index (κ1) is 18.9. The van der Waals surface area contributed by atoms with Crippen molar-refractivity contribution in [2.45, 2.75) is 18.7 Å². The maximum absolute atomic E-state index is 12.4. The quantitative estimate of drug-likeness (QED) is 0.760. The lowest BCUT2D eigenvalue weighted by molar-refractivity contribution is -0.121. The SMILES string of the molecule is Cc1cccc(OCCNC(=O)CN2C(=O)c3ccccc3S2(=O)=O)c1C. The van der Waals surface area contributed by atoms with Crippen LogP contribution in [-0.2, 0) is 14.8 Å². The van der Waals surface area contributed by atoms with Crippen LogP contribution in [0.15, 0.2) is 47.4 Å². The standard InChI is InChI=1S/C19H20N2O5S/c1-13-6-5-8-16(14(13)2)26-11-10-20-18(22)12-21-19(23)15-7-3-4-9-17(15)27(21,24)25/h3-9H,10-12H2,1-2H3,(H,20,22). The fourth-order valence-electron chi connectivity index (χ4n) is 2.81. The highest BCUT2D eigenvalue weighted by Crippen LogP contribution is 2.29. The van der Waals surface area contributed by atoms with Crippen LogP contribution in [-0.4, -0.2) is 44.2 Å². The summed E-state index contributed by atoms with van der Waals surface area (Å²) in [7, 11) is -3.98. The van der Waals surface area contributed by atoms with Gasteiger partial charge in [0.25, 0.3) is 15.9 Å². The van der Waals surface area contributed by atoms with Gasteiger partial charge in [-0.1, -0.05) is 24.3 Å². The first-order chi connectivity index (χ1) is 12.8. The van der Waals surface area contributed by atoms with Crippen LogP contribution in [0.5, 0.6) is 5.75 Å². The van der Waals surface area contributed by atoms with E-state index in [1.807, 2.05) is 32.0 Å². The summed E-state index contributed by atoms with van der Waals surface area (Å²) in [6.45, 7) is 3.80. The molecule has 1 N–H and O–H groups in total. The van der Waals surface area contributed by atoms with Crippen molar-refractivity contribution in [1.82, 2.24) is 9.62 Å². The van der Waals surface area contributed by atoms with Crippen LogP contribution in [0.1, 0.15) is 21.5 Å². The summed E-state index contributed by atoms with van der Waals surface area (Å²) in [6, 6.07) is 11.6. The van der Waals surface area contributed by atoms with E-state index in [0.29, 0.717) is 4.31 Å². The van der Waals surface area contributed by atoms with Gasteiger partial charge in [0.1, 0.15) is 23.8 Å². The minimum Gasteiger partial charge on any atom is -0.491 e. The van der Waals surface area contributed by atoms with Crippen LogP contribution in [0.25, 0.3) is 0 Å². The van der Waals surface area contributed by atoms with E-state index in [1.54, 1.807) is 6.07 Å². The second-order valence-corrected chi connectivity index (χ2v) is 8.04. The molecular formula is C19H20N2O5S. The molecule has 2 aromatic rings. The molecule has 0 saturated heterocycles. The average Bonchev–Trinajstić information content (AvgIpc) is 2.83. The molecule has 2 aromatic carbocycles. The summed E-state index contributed by atoms with van der Waals surface area (Å²) in [5.74, 6) is -0.520. The maximum Gasteiger partial charge on any atom is 0.269 e. The second-order valence-electron chi connectivity index (χ2n) is 6.21. The number of amides is 2. The first-order valence-electron chi connectivity index (χ1n) is 8.44. The van der Waals surface area contributed by atoms with Crippen molar-refractivity contribution in [2.75, 3.05) is 19.7 Å². The van der Waals surface area contributed by atoms with Gasteiger partial charge >= 0.3 is 0 Å². The van der Waals surface area contributed by atoms with Gasteiger partial charge in [-0.25, -0.2) is 12.7 Å². The summed E-state index contributed by atoms with van der Waals surface area (Å²) in [4.78, 5) is 24.3. The van der Waals surface area contributed by atoms with Crippen molar-refractivity contribution in [3.8, 4) is 5.75 Å². The van der Waals surface area contributed by atoms with E-state index >= 15 is 0 Å². The summed E-state index contributed by atoms with van der Waals surface area (Å²) in [5.41, 5.74) is 2.22. The normalized spacial score (nSPS) is 14.7. The third-order valence-corrected chi connectivity index (χ3v) is 6.22. The number of sulfonamides is 1. The van der Waals surface area contributed by atoms with E-state index in [1.165, 1.54) is 18.2 Å². The minimum atomic E-state index is -3.98. The van der Waals surface area contributed by atoms with Gasteiger partial charge in [-0.3, -0.25) is 9.59 Å². The highest BCUT2D eigenvalue weighted by molar-refractivity contribution is 7.90. The van der Waals surface area contributed by atoms with Crippen molar-refractivity contribution in [3.05, 3.63) is 59.2 Å². The number of ether oxygens (including phenoxy) is 1. The number of rotatable bonds is 6. The van der Waals surface area contributed by atoms with Crippen molar-refractivity contribution < 1.29 is 22.7 Å². The number of carbonyl (C=O) groups is 2. The lowest BCUT2D eigenvalue weighted by atomic mass is 10.1. The van der Waals surface area contributed by atoms with Gasteiger partial charge in [0.05, 0.1) is 12.1 Å². The molecule has 8 heteroatoms. The Bertz CT molecular complexity index is 1000. The molecule has 0 unspecified atom stereocenters.